The van der Waals surface area contributed by atoms with Crippen LogP contribution in [0.25, 0.3) is 0 Å². The number of rotatable bonds is 3. The minimum atomic E-state index is -4.47. The van der Waals surface area contributed by atoms with Gasteiger partial charge in [-0.05, 0) is 25.5 Å². The van der Waals surface area contributed by atoms with Gasteiger partial charge in [0.05, 0.1) is 36.5 Å². The molecule has 2 aliphatic rings. The number of alkyl halides is 3. The molecule has 0 saturated carbocycles. The zero-order chi connectivity index (χ0) is 21.5. The Morgan fingerprint density at radius 3 is 2.77 bits per heavy atom. The summed E-state index contributed by atoms with van der Waals surface area (Å²) in [4.78, 5) is 24.4. The van der Waals surface area contributed by atoms with Gasteiger partial charge in [-0.2, -0.15) is 18.2 Å². The van der Waals surface area contributed by atoms with E-state index in [1.165, 1.54) is 16.8 Å². The summed E-state index contributed by atoms with van der Waals surface area (Å²) < 4.78 is 48.2. The smallest absolute Gasteiger partial charge is 0.377 e. The molecule has 2 atom stereocenters. The van der Waals surface area contributed by atoms with Crippen LogP contribution in [0.2, 0.25) is 5.02 Å². The Labute approximate surface area is 176 Å². The van der Waals surface area contributed by atoms with E-state index in [2.05, 4.69) is 9.97 Å². The minimum Gasteiger partial charge on any atom is -0.377 e. The van der Waals surface area contributed by atoms with Gasteiger partial charge in [0.2, 0.25) is 5.95 Å². The van der Waals surface area contributed by atoms with Crippen molar-refractivity contribution < 1.29 is 17.9 Å². The molecule has 0 aliphatic carbocycles. The standard InChI is InChI=1S/C19H21ClF3N5O2/c1-12-11-30-7-6-26(12)16-8-17(29)27-5-4-15(19(21,22)23)28(18(27)25-16)10-14-3-2-13(20)9-24-14/h2-3,8-9,12,15H,4-7,10-11H2,1H3/t12-,15+/m1/s1. The van der Waals surface area contributed by atoms with Crippen molar-refractivity contribution in [3.63, 3.8) is 0 Å². The summed E-state index contributed by atoms with van der Waals surface area (Å²) in [5.41, 5.74) is 0.0323. The fourth-order valence-corrected chi connectivity index (χ4v) is 3.98. The van der Waals surface area contributed by atoms with Gasteiger partial charge in [-0.3, -0.25) is 14.3 Å². The molecule has 0 radical (unpaired) electrons. The Balaban J connectivity index is 1.78. The molecule has 0 amide bonds. The first-order chi connectivity index (χ1) is 14.2. The Kier molecular flexibility index (Phi) is 5.63. The predicted molar refractivity (Wildman–Crippen MR) is 106 cm³/mol. The maximum Gasteiger partial charge on any atom is 0.408 e. The molecular weight excluding hydrogens is 423 g/mol. The molecule has 1 saturated heterocycles. The highest BCUT2D eigenvalue weighted by Gasteiger charge is 2.47. The summed E-state index contributed by atoms with van der Waals surface area (Å²) in [6.07, 6.45) is -3.33. The molecule has 1 fully saturated rings. The van der Waals surface area contributed by atoms with E-state index in [1.807, 2.05) is 11.8 Å². The van der Waals surface area contributed by atoms with Crippen molar-refractivity contribution in [2.75, 3.05) is 29.6 Å². The number of fused-ring (bicyclic) bond motifs is 1. The van der Waals surface area contributed by atoms with Crippen LogP contribution in [0.5, 0.6) is 0 Å². The summed E-state index contributed by atoms with van der Waals surface area (Å²) in [5, 5.41) is 0.392. The largest absolute Gasteiger partial charge is 0.408 e. The van der Waals surface area contributed by atoms with Crippen LogP contribution in [0.4, 0.5) is 24.9 Å². The molecule has 0 aromatic carbocycles. The number of nitrogens with zero attached hydrogens (tertiary/aromatic N) is 5. The average Bonchev–Trinajstić information content (AvgIpc) is 2.69. The molecular formula is C19H21ClF3N5O2. The lowest BCUT2D eigenvalue weighted by Crippen LogP contribution is -2.52. The molecule has 2 aromatic heterocycles. The molecule has 0 N–H and O–H groups in total. The van der Waals surface area contributed by atoms with E-state index in [0.717, 1.165) is 4.90 Å². The minimum absolute atomic E-state index is 0.00140. The molecule has 7 nitrogen and oxygen atoms in total. The van der Waals surface area contributed by atoms with Gasteiger partial charge in [-0.15, -0.1) is 0 Å². The number of hydrogen-bond acceptors (Lipinski definition) is 6. The maximum atomic E-state index is 13.8. The summed E-state index contributed by atoms with van der Waals surface area (Å²) in [6.45, 7) is 3.17. The van der Waals surface area contributed by atoms with Crippen molar-refractivity contribution in [2.24, 2.45) is 0 Å². The van der Waals surface area contributed by atoms with Gasteiger partial charge in [0.1, 0.15) is 11.9 Å². The van der Waals surface area contributed by atoms with E-state index >= 15 is 0 Å². The van der Waals surface area contributed by atoms with Crippen LogP contribution in [0.15, 0.2) is 29.2 Å². The van der Waals surface area contributed by atoms with Gasteiger partial charge >= 0.3 is 6.18 Å². The van der Waals surface area contributed by atoms with E-state index in [9.17, 15) is 18.0 Å². The molecule has 4 heterocycles. The van der Waals surface area contributed by atoms with Crippen molar-refractivity contribution >= 4 is 23.4 Å². The summed E-state index contributed by atoms with van der Waals surface area (Å²) in [6, 6.07) is 2.72. The first-order valence-electron chi connectivity index (χ1n) is 9.64. The Morgan fingerprint density at radius 2 is 2.10 bits per heavy atom. The third-order valence-corrected chi connectivity index (χ3v) is 5.62. The van der Waals surface area contributed by atoms with Gasteiger partial charge < -0.3 is 14.5 Å². The third-order valence-electron chi connectivity index (χ3n) is 5.39. The highest BCUT2D eigenvalue weighted by Crippen LogP contribution is 2.35. The summed E-state index contributed by atoms with van der Waals surface area (Å²) in [7, 11) is 0. The third kappa shape index (κ3) is 4.11. The van der Waals surface area contributed by atoms with Gasteiger partial charge in [0.15, 0.2) is 0 Å². The lowest BCUT2D eigenvalue weighted by Gasteiger charge is -2.40. The van der Waals surface area contributed by atoms with E-state index in [4.69, 9.17) is 16.3 Å². The SMILES string of the molecule is C[C@@H]1COCCN1c1cc(=O)n2c(n1)N(Cc1ccc(Cl)cn1)[C@H](C(F)(F)F)CC2. The molecule has 0 unspecified atom stereocenters. The quantitative estimate of drug-likeness (QED) is 0.727. The average molecular weight is 444 g/mol. The van der Waals surface area contributed by atoms with Crippen molar-refractivity contribution in [3.05, 3.63) is 45.5 Å². The Bertz CT molecular complexity index is 966. The predicted octanol–water partition coefficient (Wildman–Crippen LogP) is 2.86. The number of ether oxygens (including phenoxy) is 1. The van der Waals surface area contributed by atoms with Gasteiger partial charge in [0.25, 0.3) is 5.56 Å². The molecule has 2 aliphatic heterocycles. The zero-order valence-corrected chi connectivity index (χ0v) is 17.0. The second kappa shape index (κ2) is 8.07. The topological polar surface area (TPSA) is 63.5 Å². The number of morpholine rings is 1. The van der Waals surface area contributed by atoms with Crippen molar-refractivity contribution in [2.45, 2.75) is 44.7 Å². The van der Waals surface area contributed by atoms with Gasteiger partial charge in [-0.25, -0.2) is 0 Å². The lowest BCUT2D eigenvalue weighted by molar-refractivity contribution is -0.153. The van der Waals surface area contributed by atoms with Crippen LogP contribution < -0.4 is 15.4 Å². The lowest BCUT2D eigenvalue weighted by atomic mass is 10.1. The number of pyridine rings is 1. The van der Waals surface area contributed by atoms with Gasteiger partial charge in [0, 0.05) is 25.4 Å². The summed E-state index contributed by atoms with van der Waals surface area (Å²) in [5.74, 6) is 0.362. The highest BCUT2D eigenvalue weighted by molar-refractivity contribution is 6.30. The van der Waals surface area contributed by atoms with E-state index in [1.54, 1.807) is 12.1 Å². The van der Waals surface area contributed by atoms with Gasteiger partial charge in [-0.1, -0.05) is 11.6 Å². The molecule has 2 aromatic rings. The molecule has 162 valence electrons. The number of anilines is 2. The Hall–Kier alpha value is -2.33. The number of hydrogen-bond donors (Lipinski definition) is 0. The highest BCUT2D eigenvalue weighted by atomic mass is 35.5. The first kappa shape index (κ1) is 20.9. The normalized spacial score (nSPS) is 22.2. The van der Waals surface area contributed by atoms with Crippen LogP contribution in [0, 0.1) is 0 Å². The van der Waals surface area contributed by atoms with Crippen LogP contribution in [0.3, 0.4) is 0 Å². The van der Waals surface area contributed by atoms with E-state index in [0.29, 0.717) is 36.3 Å². The first-order valence-corrected chi connectivity index (χ1v) is 10.0. The van der Waals surface area contributed by atoms with E-state index in [-0.39, 0.29) is 37.1 Å². The second-order valence-electron chi connectivity index (χ2n) is 7.46. The second-order valence-corrected chi connectivity index (χ2v) is 7.90. The molecule has 30 heavy (non-hydrogen) atoms. The van der Waals surface area contributed by atoms with E-state index < -0.39 is 12.2 Å². The number of aromatic nitrogens is 3. The van der Waals surface area contributed by atoms with Crippen molar-refractivity contribution in [1.29, 1.82) is 0 Å². The van der Waals surface area contributed by atoms with Crippen LogP contribution >= 0.6 is 11.6 Å². The molecule has 4 rings (SSSR count). The molecule has 0 bridgehead atoms. The van der Waals surface area contributed by atoms with Crippen molar-refractivity contribution in [1.82, 2.24) is 14.5 Å². The summed E-state index contributed by atoms with van der Waals surface area (Å²) >= 11 is 5.85. The fraction of sp³-hybridized carbons (Fsp3) is 0.526. The van der Waals surface area contributed by atoms with Crippen LogP contribution in [-0.2, 0) is 17.8 Å². The van der Waals surface area contributed by atoms with Crippen LogP contribution in [-0.4, -0.2) is 52.6 Å². The van der Waals surface area contributed by atoms with Crippen LogP contribution in [0.1, 0.15) is 19.0 Å². The van der Waals surface area contributed by atoms with Crippen molar-refractivity contribution in [3.8, 4) is 0 Å². The Morgan fingerprint density at radius 1 is 1.30 bits per heavy atom. The fourth-order valence-electron chi connectivity index (χ4n) is 3.87. The zero-order valence-electron chi connectivity index (χ0n) is 16.3. The monoisotopic (exact) mass is 443 g/mol. The maximum absolute atomic E-state index is 13.8. The molecule has 11 heteroatoms. The number of halogens is 4. The molecule has 0 spiro atoms.